The molecule has 2 aromatic heterocycles. The molecule has 0 aliphatic rings. The van der Waals surface area contributed by atoms with Crippen molar-refractivity contribution >= 4 is 231 Å². The molecular weight excluding hydrogens is 777 g/mol. The van der Waals surface area contributed by atoms with Gasteiger partial charge < -0.3 is 0 Å². The van der Waals surface area contributed by atoms with Gasteiger partial charge in [0.15, 0.2) is 17.5 Å². The molecule has 0 amide bonds. The van der Waals surface area contributed by atoms with Gasteiger partial charge in [-0.25, -0.2) is 15.0 Å². The second-order valence-electron chi connectivity index (χ2n) is 18.4. The normalized spacial score (nSPS) is 11.4. The van der Waals surface area contributed by atoms with Crippen molar-refractivity contribution in [1.82, 2.24) is 15.0 Å². The largest absolute Gasteiger partial charge is 0.208 e. The highest BCUT2D eigenvalue weighted by atomic mass is 32.1. The van der Waals surface area contributed by atoms with Gasteiger partial charge in [0.25, 0.3) is 0 Å². The summed E-state index contributed by atoms with van der Waals surface area (Å²) < 4.78 is 2.76. The van der Waals surface area contributed by atoms with Crippen molar-refractivity contribution in [2.24, 2.45) is 0 Å². The van der Waals surface area contributed by atoms with Crippen LogP contribution >= 0.6 is 11.3 Å². The third kappa shape index (κ3) is 6.82. The van der Waals surface area contributed by atoms with Crippen LogP contribution in [0.4, 0.5) is 0 Å². The molecule has 9 rings (SSSR count). The lowest BCUT2D eigenvalue weighted by molar-refractivity contribution is 1.08. The highest BCUT2D eigenvalue weighted by Crippen LogP contribution is 2.37. The Morgan fingerprint density at radius 1 is 0.250 bits per heavy atom. The van der Waals surface area contributed by atoms with Crippen LogP contribution in [0, 0.1) is 0 Å². The molecule has 9 aromatic rings. The minimum Gasteiger partial charge on any atom is -0.208 e. The molecule has 0 fully saturated rings. The smallest absolute Gasteiger partial charge is 0.164 e. The van der Waals surface area contributed by atoms with Crippen LogP contribution < -0.4 is 81.9 Å². The zero-order valence-electron chi connectivity index (χ0n) is 40.3. The minimum absolute atomic E-state index is 0.659. The van der Waals surface area contributed by atoms with E-state index in [1.54, 1.807) is 0 Å². The molecule has 0 N–H and O–H groups in total. The molecule has 0 atom stereocenters. The first-order valence-corrected chi connectivity index (χ1v) is 23.5. The summed E-state index contributed by atoms with van der Waals surface area (Å²) in [4.78, 5) is 16.2. The van der Waals surface area contributed by atoms with E-state index in [2.05, 4.69) is 197 Å². The number of benzene rings is 7. The molecule has 0 spiro atoms. The highest BCUT2D eigenvalue weighted by Gasteiger charge is 2.29. The Balaban J connectivity index is 1.43. The summed E-state index contributed by atoms with van der Waals surface area (Å²) in [5.41, 5.74) is 30.5. The second-order valence-corrected chi connectivity index (χ2v) is 19.4. The zero-order valence-corrected chi connectivity index (χ0v) is 41.1. The molecule has 290 valence electrons. The third-order valence-electron chi connectivity index (χ3n) is 15.3. The van der Waals surface area contributed by atoms with Gasteiger partial charge >= 0.3 is 0 Å². The van der Waals surface area contributed by atoms with Crippen LogP contribution in [0.3, 0.4) is 0 Å². The molecule has 0 saturated heterocycles. The first-order valence-electron chi connectivity index (χ1n) is 22.6. The first-order chi connectivity index (χ1) is 30.5. The van der Waals surface area contributed by atoms with E-state index < -0.39 is 0 Å². The number of thiophene rings is 1. The lowest BCUT2D eigenvalue weighted by Gasteiger charge is -2.29. The molecule has 3 nitrogen and oxygen atoms in total. The molecule has 0 bridgehead atoms. The maximum Gasteiger partial charge on any atom is 0.164 e. The molecule has 64 heavy (non-hydrogen) atoms. The summed E-state index contributed by atoms with van der Waals surface area (Å²) in [6.07, 6.45) is 0. The Kier molecular flexibility index (Phi) is 11.4. The van der Waals surface area contributed by atoms with Crippen LogP contribution in [0.5, 0.6) is 0 Å². The van der Waals surface area contributed by atoms with Crippen molar-refractivity contribution in [2.45, 2.75) is 0 Å². The SMILES string of the molecule is Bc1c(B)c(B)c(-c2c(B)c(-c3nc(-c4ccccc4)nc(-c4ccc(-c5ccccc5)cc4)n3)c(B)c(-c3c(B)c(B)c(B)c4c3sc3c(B)c(B)c(B)c(B)c34)c2B)c(B)c1B. The van der Waals surface area contributed by atoms with E-state index in [1.165, 1.54) is 130 Å². The topological polar surface area (TPSA) is 38.7 Å². The van der Waals surface area contributed by atoms with Crippen molar-refractivity contribution in [3.05, 3.63) is 84.9 Å². The molecule has 19 heteroatoms. The van der Waals surface area contributed by atoms with Crippen molar-refractivity contribution in [3.63, 3.8) is 0 Å². The quantitative estimate of drug-likeness (QED) is 0.157. The Bertz CT molecular complexity index is 3410. The molecule has 0 radical (unpaired) electrons. The average Bonchev–Trinajstić information content (AvgIpc) is 3.71. The van der Waals surface area contributed by atoms with Crippen molar-refractivity contribution in [1.29, 1.82) is 0 Å². The predicted octanol–water partition coefficient (Wildman–Crippen LogP) is -13.9. The number of aromatic nitrogens is 3. The fourth-order valence-electron chi connectivity index (χ4n) is 10.6. The van der Waals surface area contributed by atoms with Gasteiger partial charge in [0.2, 0.25) is 0 Å². The van der Waals surface area contributed by atoms with Gasteiger partial charge in [-0.3, -0.25) is 0 Å². The van der Waals surface area contributed by atoms with Crippen LogP contribution in [0.2, 0.25) is 0 Å². The monoisotopic (exact) mass is 823 g/mol. The molecule has 0 unspecified atom stereocenters. The van der Waals surface area contributed by atoms with Crippen LogP contribution in [0.15, 0.2) is 84.9 Å². The van der Waals surface area contributed by atoms with Crippen LogP contribution in [-0.2, 0) is 0 Å². The second kappa shape index (κ2) is 16.6. The number of hydrogen-bond donors (Lipinski definition) is 0. The van der Waals surface area contributed by atoms with Crippen molar-refractivity contribution in [3.8, 4) is 67.5 Å². The lowest BCUT2D eigenvalue weighted by Crippen LogP contribution is -2.56. The molecule has 0 aliphatic heterocycles. The van der Waals surface area contributed by atoms with Gasteiger partial charge in [0.05, 0.1) is 0 Å². The van der Waals surface area contributed by atoms with Gasteiger partial charge in [-0.1, -0.05) is 134 Å². The van der Waals surface area contributed by atoms with Gasteiger partial charge in [0.1, 0.15) is 118 Å². The number of nitrogens with zero attached hydrogens (tertiary/aromatic N) is 3. The van der Waals surface area contributed by atoms with E-state index in [9.17, 15) is 0 Å². The first kappa shape index (κ1) is 44.0. The number of fused-ring (bicyclic) bond motifs is 3. The summed E-state index contributed by atoms with van der Waals surface area (Å²) >= 11 is 1.98. The van der Waals surface area contributed by atoms with Crippen molar-refractivity contribution < 1.29 is 0 Å². The maximum atomic E-state index is 5.49. The summed E-state index contributed by atoms with van der Waals surface area (Å²) in [5.74, 6) is 2.01. The Morgan fingerprint density at radius 2 is 0.578 bits per heavy atom. The summed E-state index contributed by atoms with van der Waals surface area (Å²) in [5, 5.41) is 2.81. The van der Waals surface area contributed by atoms with E-state index in [0.717, 1.165) is 22.3 Å². The minimum atomic E-state index is 0.659. The fourth-order valence-corrected chi connectivity index (χ4v) is 12.2. The Morgan fingerprint density at radius 3 is 1.12 bits per heavy atom. The molecule has 2 heterocycles. The third-order valence-corrected chi connectivity index (χ3v) is 16.6. The van der Waals surface area contributed by atoms with Gasteiger partial charge in [-0.2, -0.15) is 0 Å². The Hall–Kier alpha value is -5.26. The van der Waals surface area contributed by atoms with Crippen LogP contribution in [0.1, 0.15) is 0 Å². The fraction of sp³-hybridized carbons (Fsp3) is 0. The summed E-state index contributed by atoms with van der Waals surface area (Å²) in [6.45, 7) is 0. The molecule has 0 aliphatic carbocycles. The summed E-state index contributed by atoms with van der Waals surface area (Å²) in [7, 11) is 34.7. The van der Waals surface area contributed by atoms with E-state index in [1.807, 2.05) is 17.4 Å². The van der Waals surface area contributed by atoms with E-state index in [-0.39, 0.29) is 0 Å². The standard InChI is InChI=1S/C45H44B15N3S/c46-26-19(20-29(49)35(55)38(58)36(56)30(20)50)27(47)25(28(48)21(26)22-31(51)34(54)32(52)23-24-33(53)37(57)39(59)40(60)42(24)64-41(22)23)45-62-43(17-9-5-2-6-10-17)61-44(63-45)18-13-11-16(12-14-18)15-7-3-1-4-8-15/h1-14H,46-60H2. The number of hydrogen-bond acceptors (Lipinski definition) is 4. The summed E-state index contributed by atoms with van der Waals surface area (Å²) in [6, 6.07) is 29.5. The molecule has 7 aromatic carbocycles. The molecule has 0 saturated carbocycles. The van der Waals surface area contributed by atoms with Gasteiger partial charge in [0, 0.05) is 26.1 Å². The van der Waals surface area contributed by atoms with Crippen molar-refractivity contribution in [2.75, 3.05) is 0 Å². The number of rotatable bonds is 6. The van der Waals surface area contributed by atoms with Gasteiger partial charge in [-0.15, -0.1) is 44.1 Å². The molecular formula is C45H44B15N3S. The average molecular weight is 821 g/mol. The van der Waals surface area contributed by atoms with Crippen LogP contribution in [-0.4, -0.2) is 133 Å². The zero-order chi connectivity index (χ0) is 45.6. The van der Waals surface area contributed by atoms with Gasteiger partial charge in [-0.05, 0) is 44.2 Å². The Labute approximate surface area is 396 Å². The lowest BCUT2D eigenvalue weighted by atomic mass is 9.56. The maximum absolute atomic E-state index is 5.49. The highest BCUT2D eigenvalue weighted by molar-refractivity contribution is 7.28. The predicted molar refractivity (Wildman–Crippen MR) is 328 cm³/mol. The van der Waals surface area contributed by atoms with E-state index >= 15 is 0 Å². The van der Waals surface area contributed by atoms with Crippen LogP contribution in [0.25, 0.3) is 87.7 Å². The van der Waals surface area contributed by atoms with E-state index in [4.69, 9.17) is 15.0 Å². The van der Waals surface area contributed by atoms with E-state index in [0.29, 0.717) is 17.5 Å².